The Hall–Kier alpha value is -0.280. The highest BCUT2D eigenvalue weighted by Gasteiger charge is 2.05. The lowest BCUT2D eigenvalue weighted by Gasteiger charge is -2.03. The first-order valence-electron chi connectivity index (χ1n) is 4.10. The summed E-state index contributed by atoms with van der Waals surface area (Å²) in [6.45, 7) is 1.87. The second kappa shape index (κ2) is 4.82. The minimum absolute atomic E-state index is 0.176. The van der Waals surface area contributed by atoms with Gasteiger partial charge in [0.05, 0.1) is 0 Å². The minimum Gasteiger partial charge on any atom is -0.294 e. The fourth-order valence-corrected chi connectivity index (χ4v) is 1.97. The molecule has 0 saturated carbocycles. The molecule has 0 heterocycles. The van der Waals surface area contributed by atoms with Gasteiger partial charge in [-0.1, -0.05) is 28.9 Å². The number of carbonyl (C=O) groups excluding carboxylic acids is 1. The Morgan fingerprint density at radius 1 is 1.54 bits per heavy atom. The summed E-state index contributed by atoms with van der Waals surface area (Å²) >= 11 is 7.63. The molecule has 0 aliphatic carbocycles. The monoisotopic (exact) mass is 258 g/mol. The highest BCUT2D eigenvalue weighted by atomic mass is 79.9. The van der Waals surface area contributed by atoms with Gasteiger partial charge in [-0.05, 0) is 17.7 Å². The summed E-state index contributed by atoms with van der Waals surface area (Å²) in [5.41, 5.74) is 1.83. The van der Waals surface area contributed by atoms with Crippen LogP contribution < -0.4 is 0 Å². The summed E-state index contributed by atoms with van der Waals surface area (Å²) in [6, 6.07) is 5.58. The van der Waals surface area contributed by atoms with E-state index in [0.29, 0.717) is 6.42 Å². The van der Waals surface area contributed by atoms with Crippen molar-refractivity contribution in [3.05, 3.63) is 29.3 Å². The molecule has 0 aliphatic rings. The van der Waals surface area contributed by atoms with Crippen LogP contribution in [-0.2, 0) is 5.33 Å². The van der Waals surface area contributed by atoms with Crippen LogP contribution in [0.15, 0.2) is 23.1 Å². The summed E-state index contributed by atoms with van der Waals surface area (Å²) in [5.74, 6) is 0.176. The molecule has 1 nitrogen and oxygen atoms in total. The maximum Gasteiger partial charge on any atom is 0.162 e. The van der Waals surface area contributed by atoms with Gasteiger partial charge >= 0.3 is 0 Å². The molecule has 0 unspecified atom stereocenters. The molecular weight excluding hydrogens is 248 g/mol. The van der Waals surface area contributed by atoms with Crippen molar-refractivity contribution in [3.63, 3.8) is 0 Å². The summed E-state index contributed by atoms with van der Waals surface area (Å²) < 4.78 is 0. The summed E-state index contributed by atoms with van der Waals surface area (Å²) in [6.07, 6.45) is 0.549. The van der Waals surface area contributed by atoms with Gasteiger partial charge in [0.25, 0.3) is 0 Å². The molecule has 70 valence electrons. The molecule has 0 bridgehead atoms. The third-order valence-corrected chi connectivity index (χ3v) is 2.91. The van der Waals surface area contributed by atoms with E-state index >= 15 is 0 Å². The van der Waals surface area contributed by atoms with E-state index in [9.17, 15) is 4.79 Å². The number of hydrogen-bond donors (Lipinski definition) is 1. The van der Waals surface area contributed by atoms with Crippen molar-refractivity contribution in [2.75, 3.05) is 0 Å². The summed E-state index contributed by atoms with van der Waals surface area (Å²) in [5, 5.41) is 0.733. The number of carbonyl (C=O) groups is 1. The Morgan fingerprint density at radius 3 is 2.77 bits per heavy atom. The molecule has 0 amide bonds. The van der Waals surface area contributed by atoms with E-state index in [2.05, 4.69) is 28.6 Å². The van der Waals surface area contributed by atoms with Gasteiger partial charge < -0.3 is 0 Å². The fraction of sp³-hybridized carbons (Fsp3) is 0.300. The van der Waals surface area contributed by atoms with Gasteiger partial charge in [0, 0.05) is 22.2 Å². The predicted molar refractivity (Wildman–Crippen MR) is 60.9 cm³/mol. The van der Waals surface area contributed by atoms with Gasteiger partial charge in [-0.15, -0.1) is 12.6 Å². The Morgan fingerprint density at radius 2 is 2.23 bits per heavy atom. The molecule has 1 aromatic rings. The second-order valence-electron chi connectivity index (χ2n) is 2.75. The number of benzene rings is 1. The van der Waals surface area contributed by atoms with Crippen LogP contribution in [0.4, 0.5) is 0 Å². The lowest BCUT2D eigenvalue weighted by Crippen LogP contribution is -1.97. The number of alkyl halides is 1. The van der Waals surface area contributed by atoms with Gasteiger partial charge in [0.1, 0.15) is 0 Å². The van der Waals surface area contributed by atoms with Gasteiger partial charge in [-0.3, -0.25) is 4.79 Å². The first-order chi connectivity index (χ1) is 6.19. The fourth-order valence-electron chi connectivity index (χ4n) is 1.07. The van der Waals surface area contributed by atoms with Crippen LogP contribution in [0.2, 0.25) is 0 Å². The Balaban J connectivity index is 3.06. The van der Waals surface area contributed by atoms with Crippen LogP contribution in [0, 0.1) is 0 Å². The summed E-state index contributed by atoms with van der Waals surface area (Å²) in [4.78, 5) is 12.3. The number of hydrogen-bond acceptors (Lipinski definition) is 2. The van der Waals surface area contributed by atoms with E-state index in [-0.39, 0.29) is 5.78 Å². The maximum absolute atomic E-state index is 11.4. The SMILES string of the molecule is CCC(=O)c1ccc(S)c(CBr)c1. The molecule has 0 spiro atoms. The van der Waals surface area contributed by atoms with Crippen molar-refractivity contribution in [2.45, 2.75) is 23.6 Å². The molecule has 1 rings (SSSR count). The third kappa shape index (κ3) is 2.58. The van der Waals surface area contributed by atoms with E-state index in [4.69, 9.17) is 0 Å². The molecule has 3 heteroatoms. The molecule has 0 aliphatic heterocycles. The highest BCUT2D eigenvalue weighted by Crippen LogP contribution is 2.19. The Labute approximate surface area is 92.1 Å². The normalized spacial score (nSPS) is 10.1. The number of halogens is 1. The van der Waals surface area contributed by atoms with Crippen LogP contribution in [-0.4, -0.2) is 5.78 Å². The number of Topliss-reactive ketones (excluding diaryl/α,β-unsaturated/α-hetero) is 1. The van der Waals surface area contributed by atoms with E-state index < -0.39 is 0 Å². The number of thiol groups is 1. The van der Waals surface area contributed by atoms with Crippen LogP contribution in [0.1, 0.15) is 29.3 Å². The predicted octanol–water partition coefficient (Wildman–Crippen LogP) is 3.46. The van der Waals surface area contributed by atoms with Gasteiger partial charge in [0.2, 0.25) is 0 Å². The van der Waals surface area contributed by atoms with E-state index in [1.165, 1.54) is 0 Å². The lowest BCUT2D eigenvalue weighted by atomic mass is 10.1. The van der Waals surface area contributed by atoms with Crippen molar-refractivity contribution < 1.29 is 4.79 Å². The largest absolute Gasteiger partial charge is 0.294 e. The van der Waals surface area contributed by atoms with Crippen LogP contribution in [0.5, 0.6) is 0 Å². The molecule has 1 aromatic carbocycles. The zero-order valence-corrected chi connectivity index (χ0v) is 9.86. The second-order valence-corrected chi connectivity index (χ2v) is 3.80. The average Bonchev–Trinajstić information content (AvgIpc) is 2.17. The molecular formula is C10H11BrOS. The van der Waals surface area contributed by atoms with Crippen molar-refractivity contribution in [1.82, 2.24) is 0 Å². The average molecular weight is 259 g/mol. The standard InChI is InChI=1S/C10H11BrOS/c1-2-9(12)7-3-4-10(13)8(5-7)6-11/h3-5,13H,2,6H2,1H3. The molecule has 0 fully saturated rings. The van der Waals surface area contributed by atoms with Crippen molar-refractivity contribution in [1.29, 1.82) is 0 Å². The van der Waals surface area contributed by atoms with Crippen LogP contribution in [0.3, 0.4) is 0 Å². The zero-order valence-electron chi connectivity index (χ0n) is 7.38. The van der Waals surface area contributed by atoms with Crippen molar-refractivity contribution >= 4 is 34.3 Å². The first-order valence-corrected chi connectivity index (χ1v) is 5.67. The lowest BCUT2D eigenvalue weighted by molar-refractivity contribution is 0.0988. The van der Waals surface area contributed by atoms with Gasteiger partial charge in [0.15, 0.2) is 5.78 Å². The van der Waals surface area contributed by atoms with E-state index in [0.717, 1.165) is 21.4 Å². The molecule has 0 N–H and O–H groups in total. The third-order valence-electron chi connectivity index (χ3n) is 1.87. The minimum atomic E-state index is 0.176. The van der Waals surface area contributed by atoms with Gasteiger partial charge in [-0.2, -0.15) is 0 Å². The van der Waals surface area contributed by atoms with Gasteiger partial charge in [-0.25, -0.2) is 0 Å². The molecule has 0 atom stereocenters. The number of rotatable bonds is 3. The van der Waals surface area contributed by atoms with Crippen LogP contribution >= 0.6 is 28.6 Å². The zero-order chi connectivity index (χ0) is 9.84. The van der Waals surface area contributed by atoms with Crippen LogP contribution in [0.25, 0.3) is 0 Å². The highest BCUT2D eigenvalue weighted by molar-refractivity contribution is 9.08. The summed E-state index contributed by atoms with van der Waals surface area (Å²) in [7, 11) is 0. The molecule has 0 saturated heterocycles. The maximum atomic E-state index is 11.4. The van der Waals surface area contributed by atoms with Crippen molar-refractivity contribution in [3.8, 4) is 0 Å². The molecule has 0 aromatic heterocycles. The van der Waals surface area contributed by atoms with Crippen molar-refractivity contribution in [2.24, 2.45) is 0 Å². The smallest absolute Gasteiger partial charge is 0.162 e. The Kier molecular flexibility index (Phi) is 4.00. The molecule has 13 heavy (non-hydrogen) atoms. The topological polar surface area (TPSA) is 17.1 Å². The first kappa shape index (κ1) is 10.8. The number of ketones is 1. The van der Waals surface area contributed by atoms with E-state index in [1.807, 2.05) is 25.1 Å². The molecule has 0 radical (unpaired) electrons. The Bertz CT molecular complexity index is 323. The quantitative estimate of drug-likeness (QED) is 0.499. The van der Waals surface area contributed by atoms with E-state index in [1.54, 1.807) is 0 Å².